The van der Waals surface area contributed by atoms with Crippen molar-refractivity contribution >= 4 is 17.8 Å². The van der Waals surface area contributed by atoms with Crippen molar-refractivity contribution < 1.29 is 24.2 Å². The number of nitrogens with one attached hydrogen (secondary N) is 1. The summed E-state index contributed by atoms with van der Waals surface area (Å²) in [5.74, 6) is 0.519. The Balaban J connectivity index is 1.37. The van der Waals surface area contributed by atoms with E-state index in [9.17, 15) is 19.5 Å². The molecule has 2 N–H and O–H groups in total. The molecule has 2 atom stereocenters. The number of piperazine rings is 1. The van der Waals surface area contributed by atoms with Crippen molar-refractivity contribution in [1.29, 1.82) is 0 Å². The second kappa shape index (κ2) is 12.9. The van der Waals surface area contributed by atoms with Gasteiger partial charge in [-0.3, -0.25) is 9.59 Å². The lowest BCUT2D eigenvalue weighted by molar-refractivity contribution is -0.186. The van der Waals surface area contributed by atoms with Gasteiger partial charge in [0.05, 0.1) is 20.2 Å². The fourth-order valence-electron chi connectivity index (χ4n) is 5.68. The minimum atomic E-state index is -0.775. The van der Waals surface area contributed by atoms with Crippen LogP contribution in [0.25, 0.3) is 0 Å². The summed E-state index contributed by atoms with van der Waals surface area (Å²) in [7, 11) is 3.32. The number of aryl methyl sites for hydroxylation is 1. The van der Waals surface area contributed by atoms with Gasteiger partial charge in [-0.05, 0) is 53.8 Å². The standard InChI is InChI=1S/C32H37N5O5/c1-34-22-30(39)36-28(19-24-10-14-26(38)15-11-24)31(40)35(18-6-9-23-7-4-3-5-8-23)21-29(36)37(34)32(41)33-20-25-12-16-27(42-2)17-13-25/h3-5,7-8,10-17,28-29,38H,6,9,18-22H2,1-2H3,(H,33,41)/t28-,29?/m0/s1. The van der Waals surface area contributed by atoms with E-state index in [1.165, 1.54) is 5.56 Å². The van der Waals surface area contributed by atoms with Crippen molar-refractivity contribution in [3.8, 4) is 11.5 Å². The van der Waals surface area contributed by atoms with Crippen LogP contribution in [0.4, 0.5) is 4.79 Å². The van der Waals surface area contributed by atoms with E-state index >= 15 is 0 Å². The van der Waals surface area contributed by atoms with Gasteiger partial charge in [-0.25, -0.2) is 14.8 Å². The van der Waals surface area contributed by atoms with Crippen molar-refractivity contribution in [3.05, 3.63) is 95.6 Å². The van der Waals surface area contributed by atoms with Crippen LogP contribution in [0.1, 0.15) is 23.1 Å². The molecule has 2 aliphatic heterocycles. The lowest BCUT2D eigenvalue weighted by atomic mass is 9.98. The number of fused-ring (bicyclic) bond motifs is 1. The first-order valence-electron chi connectivity index (χ1n) is 14.2. The Labute approximate surface area is 246 Å². The number of nitrogens with zero attached hydrogens (tertiary/aromatic N) is 4. The highest BCUT2D eigenvalue weighted by Gasteiger charge is 2.50. The zero-order valence-electron chi connectivity index (χ0n) is 24.0. The summed E-state index contributed by atoms with van der Waals surface area (Å²) in [6, 6.07) is 23.1. The van der Waals surface area contributed by atoms with Crippen LogP contribution in [0, 0.1) is 0 Å². The molecule has 42 heavy (non-hydrogen) atoms. The number of methoxy groups -OCH3 is 1. The van der Waals surface area contributed by atoms with Gasteiger partial charge in [0.15, 0.2) is 0 Å². The van der Waals surface area contributed by atoms with E-state index in [0.29, 0.717) is 13.1 Å². The molecule has 2 aliphatic rings. The zero-order valence-corrected chi connectivity index (χ0v) is 24.0. The maximum atomic E-state index is 13.9. The average molecular weight is 572 g/mol. The molecule has 3 aromatic rings. The molecule has 10 nitrogen and oxygen atoms in total. The molecule has 0 spiro atoms. The number of phenolic OH excluding ortho intramolecular Hbond substituents is 1. The zero-order chi connectivity index (χ0) is 29.6. The molecule has 3 aromatic carbocycles. The van der Waals surface area contributed by atoms with Crippen molar-refractivity contribution in [3.63, 3.8) is 0 Å². The van der Waals surface area contributed by atoms with Gasteiger partial charge in [-0.1, -0.05) is 54.6 Å². The summed E-state index contributed by atoms with van der Waals surface area (Å²) >= 11 is 0. The third kappa shape index (κ3) is 6.49. The molecule has 10 heteroatoms. The molecule has 2 saturated heterocycles. The summed E-state index contributed by atoms with van der Waals surface area (Å²) in [6.45, 7) is 0.986. The van der Waals surface area contributed by atoms with E-state index in [1.54, 1.807) is 58.2 Å². The van der Waals surface area contributed by atoms with Crippen molar-refractivity contribution in [2.45, 2.75) is 38.0 Å². The largest absolute Gasteiger partial charge is 0.508 e. The summed E-state index contributed by atoms with van der Waals surface area (Å²) in [4.78, 5) is 44.4. The molecule has 4 amide bonds. The molecule has 220 valence electrons. The summed E-state index contributed by atoms with van der Waals surface area (Å²) in [6.07, 6.45) is 1.18. The van der Waals surface area contributed by atoms with Crippen LogP contribution in [0.3, 0.4) is 0 Å². The number of carbonyl (C=O) groups excluding carboxylic acids is 3. The second-order valence-corrected chi connectivity index (χ2v) is 10.7. The molecular formula is C32H37N5O5. The molecule has 0 bridgehead atoms. The summed E-state index contributed by atoms with van der Waals surface area (Å²) < 4.78 is 5.22. The van der Waals surface area contributed by atoms with Crippen LogP contribution in [0.5, 0.6) is 11.5 Å². The quantitative estimate of drug-likeness (QED) is 0.409. The molecule has 0 aromatic heterocycles. The molecule has 0 aliphatic carbocycles. The predicted molar refractivity (Wildman–Crippen MR) is 157 cm³/mol. The van der Waals surface area contributed by atoms with E-state index in [1.807, 2.05) is 42.5 Å². The van der Waals surface area contributed by atoms with E-state index in [0.717, 1.165) is 29.7 Å². The van der Waals surface area contributed by atoms with Crippen LogP contribution in [-0.4, -0.2) is 88.8 Å². The number of ether oxygens (including phenoxy) is 1. The van der Waals surface area contributed by atoms with Gasteiger partial charge in [-0.2, -0.15) is 0 Å². The number of likely N-dealkylation sites (N-methyl/N-ethyl adjacent to an activating group) is 1. The maximum absolute atomic E-state index is 13.9. The lowest BCUT2D eigenvalue weighted by Gasteiger charge is -2.54. The van der Waals surface area contributed by atoms with E-state index in [2.05, 4.69) is 17.4 Å². The predicted octanol–water partition coefficient (Wildman–Crippen LogP) is 3.01. The number of hydrogen-bond acceptors (Lipinski definition) is 6. The van der Waals surface area contributed by atoms with Gasteiger partial charge < -0.3 is 25.0 Å². The van der Waals surface area contributed by atoms with Crippen molar-refractivity contribution in [1.82, 2.24) is 25.1 Å². The van der Waals surface area contributed by atoms with Crippen LogP contribution < -0.4 is 10.1 Å². The first-order chi connectivity index (χ1) is 20.3. The summed E-state index contributed by atoms with van der Waals surface area (Å²) in [5.41, 5.74) is 2.91. The van der Waals surface area contributed by atoms with E-state index in [-0.39, 0.29) is 43.1 Å². The highest BCUT2D eigenvalue weighted by atomic mass is 16.5. The number of rotatable bonds is 9. The number of aromatic hydroxyl groups is 1. The van der Waals surface area contributed by atoms with Gasteiger partial charge >= 0.3 is 6.03 Å². The Morgan fingerprint density at radius 2 is 1.64 bits per heavy atom. The van der Waals surface area contributed by atoms with Gasteiger partial charge in [0, 0.05) is 26.6 Å². The second-order valence-electron chi connectivity index (χ2n) is 10.7. The number of phenols is 1. The topological polar surface area (TPSA) is 106 Å². The SMILES string of the molecule is COc1ccc(CNC(=O)N2C3CN(CCCc4ccccc4)C(=O)[C@H](Cc4ccc(O)cc4)N3C(=O)CN2C)cc1. The normalized spacial score (nSPS) is 19.0. The molecule has 1 unspecified atom stereocenters. The molecule has 0 saturated carbocycles. The Hall–Kier alpha value is -4.57. The van der Waals surface area contributed by atoms with Crippen LogP contribution in [-0.2, 0) is 29.0 Å². The van der Waals surface area contributed by atoms with Gasteiger partial charge in [-0.15, -0.1) is 0 Å². The van der Waals surface area contributed by atoms with Crippen molar-refractivity contribution in [2.24, 2.45) is 0 Å². The van der Waals surface area contributed by atoms with Crippen LogP contribution in [0.2, 0.25) is 0 Å². The number of benzene rings is 3. The highest BCUT2D eigenvalue weighted by Crippen LogP contribution is 2.28. The minimum absolute atomic E-state index is 0.0280. The Bertz CT molecular complexity index is 1380. The average Bonchev–Trinajstić information content (AvgIpc) is 2.99. The smallest absolute Gasteiger partial charge is 0.334 e. The van der Waals surface area contributed by atoms with Gasteiger partial charge in [0.1, 0.15) is 23.7 Å². The highest BCUT2D eigenvalue weighted by molar-refractivity contribution is 5.91. The molecular weight excluding hydrogens is 534 g/mol. The Morgan fingerprint density at radius 3 is 2.33 bits per heavy atom. The first kappa shape index (κ1) is 28.9. The number of urea groups is 1. The lowest BCUT2D eigenvalue weighted by Crippen LogP contribution is -2.76. The molecule has 5 rings (SSSR count). The fraction of sp³-hybridized carbons (Fsp3) is 0.344. The number of hydrazine groups is 1. The first-order valence-corrected chi connectivity index (χ1v) is 14.2. The third-order valence-electron chi connectivity index (χ3n) is 7.85. The molecule has 2 heterocycles. The molecule has 2 fully saturated rings. The Morgan fingerprint density at radius 1 is 0.952 bits per heavy atom. The third-order valence-corrected chi connectivity index (χ3v) is 7.85. The number of carbonyl (C=O) groups is 3. The number of amides is 4. The maximum Gasteiger partial charge on any atom is 0.334 e. The van der Waals surface area contributed by atoms with Gasteiger partial charge in [0.2, 0.25) is 11.8 Å². The molecule has 0 radical (unpaired) electrons. The monoisotopic (exact) mass is 571 g/mol. The van der Waals surface area contributed by atoms with Crippen LogP contribution >= 0.6 is 0 Å². The van der Waals surface area contributed by atoms with E-state index < -0.39 is 12.2 Å². The van der Waals surface area contributed by atoms with Gasteiger partial charge in [0.25, 0.3) is 0 Å². The minimum Gasteiger partial charge on any atom is -0.508 e. The van der Waals surface area contributed by atoms with Crippen LogP contribution in [0.15, 0.2) is 78.9 Å². The summed E-state index contributed by atoms with van der Waals surface area (Å²) in [5, 5.41) is 15.9. The Kier molecular flexibility index (Phi) is 8.92. The van der Waals surface area contributed by atoms with E-state index in [4.69, 9.17) is 4.74 Å². The fourth-order valence-corrected chi connectivity index (χ4v) is 5.68. The van der Waals surface area contributed by atoms with Crippen molar-refractivity contribution in [2.75, 3.05) is 33.8 Å². The number of hydrogen-bond donors (Lipinski definition) is 2.